The van der Waals surface area contributed by atoms with Crippen LogP contribution in [0.25, 0.3) is 0 Å². The average molecular weight is 239 g/mol. The van der Waals surface area contributed by atoms with Crippen molar-refractivity contribution in [2.45, 2.75) is 0 Å². The van der Waals surface area contributed by atoms with Crippen LogP contribution in [0, 0.1) is 0 Å². The van der Waals surface area contributed by atoms with Gasteiger partial charge in [-0.05, 0) is 0 Å². The zero-order valence-corrected chi connectivity index (χ0v) is 6.80. The third-order valence-electron chi connectivity index (χ3n) is 0.855. The Morgan fingerprint density at radius 3 is 0.769 bits per heavy atom. The van der Waals surface area contributed by atoms with Crippen LogP contribution in [0.4, 0.5) is 19.2 Å². The molecule has 0 aromatic rings. The van der Waals surface area contributed by atoms with Gasteiger partial charge < -0.3 is 0 Å². The van der Waals surface area contributed by atoms with E-state index in [1.807, 2.05) is 0 Å². The van der Waals surface area contributed by atoms with Gasteiger partial charge in [-0.15, -0.1) is 0 Å². The van der Waals surface area contributed by atoms with E-state index >= 15 is 0 Å². The van der Waals surface area contributed by atoms with Gasteiger partial charge in [0.05, 0.1) is 0 Å². The first kappa shape index (κ1) is 11.4. The first-order chi connectivity index (χ1) is 5.77. The van der Waals surface area contributed by atoms with Gasteiger partial charge in [-0.25, -0.2) is 0 Å². The predicted molar refractivity (Wildman–Crippen MR) is 32.1 cm³/mol. The zero-order chi connectivity index (χ0) is 10.8. The molecule has 0 aliphatic carbocycles. The summed E-state index contributed by atoms with van der Waals surface area (Å²) in [4.78, 5) is 31.6. The SMILES string of the molecule is O=[C](O)[Co-2]([C](=O)O)([C](=O)O)[C](=O)O. The maximum atomic E-state index is 10.3. The van der Waals surface area contributed by atoms with Gasteiger partial charge in [0.25, 0.3) is 0 Å². The van der Waals surface area contributed by atoms with Crippen molar-refractivity contribution in [3.63, 3.8) is 0 Å². The molecule has 0 unspecified atom stereocenters. The second kappa shape index (κ2) is 3.41. The number of hydrogen-bond acceptors (Lipinski definition) is 4. The number of rotatable bonds is 4. The monoisotopic (exact) mass is 239 g/mol. The summed E-state index contributed by atoms with van der Waals surface area (Å²) in [5.41, 5.74) is 0. The van der Waals surface area contributed by atoms with Crippen molar-refractivity contribution in [1.82, 2.24) is 0 Å². The average Bonchev–Trinajstić information content (AvgIpc) is 1.82. The van der Waals surface area contributed by atoms with Gasteiger partial charge in [0.1, 0.15) is 0 Å². The van der Waals surface area contributed by atoms with E-state index in [0.717, 1.165) is 0 Å². The van der Waals surface area contributed by atoms with E-state index in [2.05, 4.69) is 0 Å². The summed E-state index contributed by atoms with van der Waals surface area (Å²) in [6.45, 7) is 0. The Bertz CT molecular complexity index is 231. The van der Waals surface area contributed by atoms with Crippen LogP contribution >= 0.6 is 0 Å². The van der Waals surface area contributed by atoms with E-state index in [1.165, 1.54) is 0 Å². The van der Waals surface area contributed by atoms with E-state index in [4.69, 9.17) is 20.4 Å². The Labute approximate surface area is 72.6 Å². The van der Waals surface area contributed by atoms with Crippen molar-refractivity contribution in [1.29, 1.82) is 0 Å². The minimum atomic E-state index is -5.10. The normalized spacial score (nSPS) is 11.7. The van der Waals surface area contributed by atoms with Crippen molar-refractivity contribution in [3.8, 4) is 0 Å². The summed E-state index contributed by atoms with van der Waals surface area (Å²) >= 11 is -5.10. The summed E-state index contributed by atoms with van der Waals surface area (Å²) in [6, 6.07) is 0. The fraction of sp³-hybridized carbons (Fsp3) is 0. The second-order valence-corrected chi connectivity index (χ2v) is 4.78. The van der Waals surface area contributed by atoms with E-state index in [1.54, 1.807) is 0 Å². The Balaban J connectivity index is 5.60. The first-order valence-electron chi connectivity index (χ1n) is 2.38. The van der Waals surface area contributed by atoms with Crippen LogP contribution in [0.1, 0.15) is 0 Å². The summed E-state index contributed by atoms with van der Waals surface area (Å²) in [6.07, 6.45) is 0. The number of hydrogen-bond donors (Lipinski definition) is 4. The van der Waals surface area contributed by atoms with Gasteiger partial charge in [-0.3, -0.25) is 0 Å². The molecular weight excluding hydrogens is 235 g/mol. The molecule has 0 aliphatic rings. The molecule has 0 spiro atoms. The number of carboxylic acid groups (broad SMARTS) is 4. The fourth-order valence-electron chi connectivity index (χ4n) is 0.366. The molecule has 79 valence electrons. The van der Waals surface area contributed by atoms with Crippen molar-refractivity contribution in [2.24, 2.45) is 0 Å². The predicted octanol–water partition coefficient (Wildman–Crippen LogP) is 0.852. The second-order valence-electron chi connectivity index (χ2n) is 1.44. The van der Waals surface area contributed by atoms with E-state index in [-0.39, 0.29) is 0 Å². The van der Waals surface area contributed by atoms with Crippen LogP contribution in [0.3, 0.4) is 0 Å². The molecule has 0 amide bonds. The molecule has 0 heterocycles. The Hall–Kier alpha value is -1.61. The molecule has 13 heavy (non-hydrogen) atoms. The van der Waals surface area contributed by atoms with E-state index < -0.39 is 32.2 Å². The van der Waals surface area contributed by atoms with Crippen LogP contribution < -0.4 is 0 Å². The van der Waals surface area contributed by atoms with Crippen molar-refractivity contribution in [3.05, 3.63) is 0 Å². The Morgan fingerprint density at radius 1 is 0.615 bits per heavy atom. The molecule has 0 aromatic heterocycles. The molecule has 0 atom stereocenters. The Morgan fingerprint density at radius 2 is 0.769 bits per heavy atom. The van der Waals surface area contributed by atoms with E-state index in [9.17, 15) is 19.2 Å². The third kappa shape index (κ3) is 1.46. The minimum absolute atomic E-state index is 2.35. The van der Waals surface area contributed by atoms with Crippen LogP contribution in [0.5, 0.6) is 0 Å². The first-order valence-corrected chi connectivity index (χ1v) is 4.46. The molecule has 9 heteroatoms. The molecule has 0 rings (SSSR count). The van der Waals surface area contributed by atoms with Crippen molar-refractivity contribution < 1.29 is 52.2 Å². The van der Waals surface area contributed by atoms with Gasteiger partial charge in [0.15, 0.2) is 0 Å². The molecule has 0 saturated carbocycles. The van der Waals surface area contributed by atoms with Gasteiger partial charge in [0.2, 0.25) is 0 Å². The molecule has 0 saturated heterocycles. The number of carbonyl (C=O) groups is 4. The van der Waals surface area contributed by atoms with E-state index in [0.29, 0.717) is 0 Å². The molecule has 0 bridgehead atoms. The standard InChI is InChI=1S/4CHO2.Co/c4*2-1-3;/h4*(H,2,3);/q;;;;-2. The zero-order valence-electron chi connectivity index (χ0n) is 5.76. The van der Waals surface area contributed by atoms with Gasteiger partial charge in [-0.1, -0.05) is 0 Å². The van der Waals surface area contributed by atoms with Crippen molar-refractivity contribution >= 4 is 19.6 Å². The quantitative estimate of drug-likeness (QED) is 0.563. The molecular formula is C4H4CoO8-2. The molecule has 0 radical (unpaired) electrons. The van der Waals surface area contributed by atoms with Gasteiger partial charge >= 0.3 is 71.8 Å². The fourth-order valence-corrected chi connectivity index (χ4v) is 1.51. The van der Waals surface area contributed by atoms with Gasteiger partial charge in [-0.2, -0.15) is 0 Å². The van der Waals surface area contributed by atoms with Crippen LogP contribution in [0.15, 0.2) is 0 Å². The third-order valence-corrected chi connectivity index (χ3v) is 3.53. The summed E-state index contributed by atoms with van der Waals surface area (Å²) in [5.74, 6) is 0. The topological polar surface area (TPSA) is 149 Å². The molecule has 4 N–H and O–H groups in total. The molecule has 8 nitrogen and oxygen atoms in total. The molecule has 0 aromatic carbocycles. The summed E-state index contributed by atoms with van der Waals surface area (Å²) < 4.78 is 0. The molecule has 0 fully saturated rings. The van der Waals surface area contributed by atoms with Crippen LogP contribution in [-0.2, 0) is 12.6 Å². The molecule has 0 aliphatic heterocycles. The van der Waals surface area contributed by atoms with Gasteiger partial charge in [0, 0.05) is 0 Å². The van der Waals surface area contributed by atoms with Crippen molar-refractivity contribution in [2.75, 3.05) is 0 Å². The van der Waals surface area contributed by atoms with Crippen LogP contribution in [-0.4, -0.2) is 40.0 Å². The maximum absolute atomic E-state index is 10.3. The summed E-state index contributed by atoms with van der Waals surface area (Å²) in [5, 5.41) is 33.0. The van der Waals surface area contributed by atoms with Crippen LogP contribution in [0.2, 0.25) is 0 Å². The summed E-state index contributed by atoms with van der Waals surface area (Å²) in [7, 11) is 0. The Kier molecular flexibility index (Phi) is 2.99.